The van der Waals surface area contributed by atoms with Crippen molar-refractivity contribution in [3.05, 3.63) is 58.7 Å². The summed E-state index contributed by atoms with van der Waals surface area (Å²) in [6.07, 6.45) is 0. The van der Waals surface area contributed by atoms with Gasteiger partial charge in [-0.15, -0.1) is 0 Å². The van der Waals surface area contributed by atoms with E-state index >= 15 is 0 Å². The number of aryl methyl sites for hydroxylation is 2. The van der Waals surface area contributed by atoms with Crippen LogP contribution in [-0.4, -0.2) is 35.4 Å². The van der Waals surface area contributed by atoms with Crippen molar-refractivity contribution in [3.8, 4) is 0 Å². The summed E-state index contributed by atoms with van der Waals surface area (Å²) in [5.74, 6) is -0.302. The number of halogens is 1. The molecule has 0 saturated carbocycles. The first-order chi connectivity index (χ1) is 10.6. The van der Waals surface area contributed by atoms with Gasteiger partial charge in [0.2, 0.25) is 0 Å². The van der Waals surface area contributed by atoms with Crippen LogP contribution in [0.5, 0.6) is 0 Å². The highest BCUT2D eigenvalue weighted by atomic mass is 19.1. The molecule has 0 bridgehead atoms. The van der Waals surface area contributed by atoms with Gasteiger partial charge in [-0.3, -0.25) is 4.79 Å². The maximum Gasteiger partial charge on any atom is 0.271 e. The van der Waals surface area contributed by atoms with E-state index in [1.165, 1.54) is 12.1 Å². The number of nitrogens with zero attached hydrogens (tertiary/aromatic N) is 1. The van der Waals surface area contributed by atoms with Crippen molar-refractivity contribution in [2.24, 2.45) is 0 Å². The van der Waals surface area contributed by atoms with Crippen LogP contribution >= 0.6 is 0 Å². The molecular weight excluding hydrogens is 281 g/mol. The molecule has 3 rings (SSSR count). The summed E-state index contributed by atoms with van der Waals surface area (Å²) in [6, 6.07) is 8.29. The van der Waals surface area contributed by atoms with Crippen molar-refractivity contribution >= 4 is 5.91 Å². The molecule has 1 aliphatic heterocycles. The first kappa shape index (κ1) is 14.8. The zero-order valence-corrected chi connectivity index (χ0v) is 12.8. The highest BCUT2D eigenvalue weighted by Gasteiger charge is 2.30. The maximum atomic E-state index is 13.5. The molecule has 5 heteroatoms. The first-order valence-electron chi connectivity index (χ1n) is 7.49. The number of amides is 1. The lowest BCUT2D eigenvalue weighted by Gasteiger charge is -2.36. The third-order valence-electron chi connectivity index (χ3n) is 4.10. The van der Waals surface area contributed by atoms with Crippen molar-refractivity contribution in [2.75, 3.05) is 19.6 Å². The van der Waals surface area contributed by atoms with Gasteiger partial charge in [0.25, 0.3) is 5.91 Å². The zero-order chi connectivity index (χ0) is 15.7. The zero-order valence-electron chi connectivity index (χ0n) is 12.8. The summed E-state index contributed by atoms with van der Waals surface area (Å²) >= 11 is 0. The van der Waals surface area contributed by atoms with Gasteiger partial charge < -0.3 is 15.2 Å². The summed E-state index contributed by atoms with van der Waals surface area (Å²) in [6.45, 7) is 5.85. The van der Waals surface area contributed by atoms with Crippen LogP contribution in [0.25, 0.3) is 0 Å². The highest BCUT2D eigenvalue weighted by Crippen LogP contribution is 2.25. The lowest BCUT2D eigenvalue weighted by molar-refractivity contribution is 0.0627. The Morgan fingerprint density at radius 1 is 1.32 bits per heavy atom. The maximum absolute atomic E-state index is 13.5. The molecule has 4 nitrogen and oxygen atoms in total. The quantitative estimate of drug-likeness (QED) is 0.895. The Balaban J connectivity index is 1.92. The summed E-state index contributed by atoms with van der Waals surface area (Å²) in [5, 5.41) is 3.28. The Morgan fingerprint density at radius 3 is 2.82 bits per heavy atom. The van der Waals surface area contributed by atoms with E-state index in [9.17, 15) is 9.18 Å². The van der Waals surface area contributed by atoms with Crippen LogP contribution in [0.2, 0.25) is 0 Å². The van der Waals surface area contributed by atoms with Crippen molar-refractivity contribution in [2.45, 2.75) is 19.9 Å². The molecule has 0 aliphatic carbocycles. The number of carbonyl (C=O) groups excluding carboxylic acids is 1. The van der Waals surface area contributed by atoms with Gasteiger partial charge in [0, 0.05) is 25.3 Å². The molecule has 22 heavy (non-hydrogen) atoms. The van der Waals surface area contributed by atoms with Gasteiger partial charge in [0.05, 0.1) is 6.04 Å². The van der Waals surface area contributed by atoms with E-state index in [-0.39, 0.29) is 17.8 Å². The average molecular weight is 301 g/mol. The Bertz CT molecular complexity index is 695. The molecular formula is C17H20FN3O. The van der Waals surface area contributed by atoms with E-state index < -0.39 is 0 Å². The third kappa shape index (κ3) is 2.76. The van der Waals surface area contributed by atoms with Gasteiger partial charge in [-0.05, 0) is 43.2 Å². The minimum atomic E-state index is -0.276. The van der Waals surface area contributed by atoms with E-state index in [0.717, 1.165) is 23.4 Å². The van der Waals surface area contributed by atoms with Gasteiger partial charge in [-0.1, -0.05) is 12.1 Å². The largest absolute Gasteiger partial charge is 0.354 e. The lowest BCUT2D eigenvalue weighted by atomic mass is 10.0. The van der Waals surface area contributed by atoms with Crippen LogP contribution in [-0.2, 0) is 0 Å². The lowest BCUT2D eigenvalue weighted by Crippen LogP contribution is -2.49. The van der Waals surface area contributed by atoms with Crippen LogP contribution in [0.15, 0.2) is 30.3 Å². The van der Waals surface area contributed by atoms with Crippen LogP contribution in [0.1, 0.15) is 33.4 Å². The Labute approximate surface area is 129 Å². The standard InChI is InChI=1S/C17H20FN3O/c1-11-8-12(2)20-16(11)17(22)21-7-6-19-10-15(21)13-4-3-5-14(18)9-13/h3-5,8-9,15,19-20H,6-7,10H2,1-2H3. The Hall–Kier alpha value is -2.14. The number of carbonyl (C=O) groups is 1. The molecule has 1 saturated heterocycles. The van der Waals surface area contributed by atoms with Crippen LogP contribution in [0.3, 0.4) is 0 Å². The summed E-state index contributed by atoms with van der Waals surface area (Å²) < 4.78 is 13.5. The number of hydrogen-bond donors (Lipinski definition) is 2. The number of piperazine rings is 1. The molecule has 1 amide bonds. The molecule has 2 aromatic rings. The third-order valence-corrected chi connectivity index (χ3v) is 4.10. The van der Waals surface area contributed by atoms with Crippen molar-refractivity contribution in [1.29, 1.82) is 0 Å². The molecule has 0 radical (unpaired) electrons. The van der Waals surface area contributed by atoms with Gasteiger partial charge >= 0.3 is 0 Å². The second kappa shape index (κ2) is 5.93. The number of H-pyrrole nitrogens is 1. The molecule has 2 heterocycles. The molecule has 116 valence electrons. The molecule has 1 aliphatic rings. The molecule has 2 N–H and O–H groups in total. The fraction of sp³-hybridized carbons (Fsp3) is 0.353. The van der Waals surface area contributed by atoms with Gasteiger partial charge in [0.15, 0.2) is 0 Å². The minimum Gasteiger partial charge on any atom is -0.354 e. The van der Waals surface area contributed by atoms with Crippen molar-refractivity contribution in [1.82, 2.24) is 15.2 Å². The predicted octanol–water partition coefficient (Wildman–Crippen LogP) is 2.56. The Kier molecular flexibility index (Phi) is 3.98. The van der Waals surface area contributed by atoms with E-state index in [4.69, 9.17) is 0 Å². The molecule has 0 spiro atoms. The monoisotopic (exact) mass is 301 g/mol. The van der Waals surface area contributed by atoms with Crippen LogP contribution in [0, 0.1) is 19.7 Å². The number of benzene rings is 1. The molecule has 1 fully saturated rings. The number of aromatic amines is 1. The highest BCUT2D eigenvalue weighted by molar-refractivity contribution is 5.94. The van der Waals surface area contributed by atoms with Crippen molar-refractivity contribution < 1.29 is 9.18 Å². The number of nitrogens with one attached hydrogen (secondary N) is 2. The minimum absolute atomic E-state index is 0.0265. The molecule has 1 atom stereocenters. The first-order valence-corrected chi connectivity index (χ1v) is 7.49. The van der Waals surface area contributed by atoms with E-state index in [2.05, 4.69) is 10.3 Å². The topological polar surface area (TPSA) is 48.1 Å². The summed E-state index contributed by atoms with van der Waals surface area (Å²) in [4.78, 5) is 17.8. The number of rotatable bonds is 2. The summed E-state index contributed by atoms with van der Waals surface area (Å²) in [7, 11) is 0. The van der Waals surface area contributed by atoms with E-state index in [0.29, 0.717) is 18.8 Å². The molecule has 1 aromatic heterocycles. The fourth-order valence-electron chi connectivity index (χ4n) is 3.05. The van der Waals surface area contributed by atoms with Crippen molar-refractivity contribution in [3.63, 3.8) is 0 Å². The van der Waals surface area contributed by atoms with Gasteiger partial charge in [-0.2, -0.15) is 0 Å². The normalized spacial score (nSPS) is 18.5. The molecule has 1 aromatic carbocycles. The van der Waals surface area contributed by atoms with Crippen LogP contribution in [0.4, 0.5) is 4.39 Å². The SMILES string of the molecule is Cc1cc(C)c(C(=O)N2CCNCC2c2cccc(F)c2)[nH]1. The average Bonchev–Trinajstić information content (AvgIpc) is 2.85. The van der Waals surface area contributed by atoms with E-state index in [1.807, 2.05) is 30.9 Å². The van der Waals surface area contributed by atoms with Crippen LogP contribution < -0.4 is 5.32 Å². The second-order valence-electron chi connectivity index (χ2n) is 5.78. The number of hydrogen-bond acceptors (Lipinski definition) is 2. The Morgan fingerprint density at radius 2 is 2.14 bits per heavy atom. The summed E-state index contributed by atoms with van der Waals surface area (Å²) in [5.41, 5.74) is 3.36. The number of aromatic nitrogens is 1. The van der Waals surface area contributed by atoms with E-state index in [1.54, 1.807) is 6.07 Å². The predicted molar refractivity (Wildman–Crippen MR) is 83.3 cm³/mol. The van der Waals surface area contributed by atoms with Gasteiger partial charge in [0.1, 0.15) is 11.5 Å². The second-order valence-corrected chi connectivity index (χ2v) is 5.78. The fourth-order valence-corrected chi connectivity index (χ4v) is 3.05. The smallest absolute Gasteiger partial charge is 0.271 e. The van der Waals surface area contributed by atoms with Gasteiger partial charge in [-0.25, -0.2) is 4.39 Å². The molecule has 1 unspecified atom stereocenters.